The van der Waals surface area contributed by atoms with E-state index in [-0.39, 0.29) is 24.0 Å². The summed E-state index contributed by atoms with van der Waals surface area (Å²) in [4.78, 5) is 0.659. The molecule has 2 atom stereocenters. The molecule has 2 aromatic rings. The monoisotopic (exact) mass is 458 g/mol. The summed E-state index contributed by atoms with van der Waals surface area (Å²) in [6.07, 6.45) is 0.463. The van der Waals surface area contributed by atoms with Gasteiger partial charge in [0.15, 0.2) is 5.82 Å². The van der Waals surface area contributed by atoms with E-state index in [1.807, 2.05) is 0 Å². The molecule has 1 aromatic carbocycles. The molecule has 0 unspecified atom stereocenters. The summed E-state index contributed by atoms with van der Waals surface area (Å²) in [5.74, 6) is -0.0463. The molecule has 13 nitrogen and oxygen atoms in total. The Balaban J connectivity index is 1.93. The summed E-state index contributed by atoms with van der Waals surface area (Å²) in [5, 5.41) is 31.7. The number of benzene rings is 1. The first-order valence-corrected chi connectivity index (χ1v) is 12.3. The molecule has 2 aliphatic heterocycles. The summed E-state index contributed by atoms with van der Waals surface area (Å²) in [6.45, 7) is 1.78. The van der Waals surface area contributed by atoms with Gasteiger partial charge >= 0.3 is 0 Å². The number of anilines is 1. The fourth-order valence-corrected chi connectivity index (χ4v) is 6.68. The van der Waals surface area contributed by atoms with Crippen molar-refractivity contribution in [1.82, 2.24) is 30.7 Å². The van der Waals surface area contributed by atoms with Crippen molar-refractivity contribution in [1.29, 1.82) is 0 Å². The molecule has 2 aliphatic rings. The van der Waals surface area contributed by atoms with Gasteiger partial charge in [0.1, 0.15) is 9.79 Å². The molecular formula is C15H22N8O5S2. The van der Waals surface area contributed by atoms with E-state index in [0.29, 0.717) is 38.2 Å². The minimum atomic E-state index is -4.51. The van der Waals surface area contributed by atoms with Gasteiger partial charge in [0, 0.05) is 31.4 Å². The van der Waals surface area contributed by atoms with Crippen LogP contribution in [0.25, 0.3) is 11.4 Å². The number of tetrazole rings is 1. The zero-order valence-electron chi connectivity index (χ0n) is 15.8. The van der Waals surface area contributed by atoms with Crippen molar-refractivity contribution in [2.45, 2.75) is 34.8 Å². The Hall–Kier alpha value is -2.17. The largest absolute Gasteiger partial charge is 0.391 e. The number of hydrogen-bond acceptors (Lipinski definition) is 10. The van der Waals surface area contributed by atoms with Crippen molar-refractivity contribution in [2.24, 2.45) is 5.14 Å². The van der Waals surface area contributed by atoms with Gasteiger partial charge in [0.2, 0.25) is 20.0 Å². The molecule has 164 valence electrons. The van der Waals surface area contributed by atoms with Gasteiger partial charge in [0.05, 0.1) is 11.7 Å². The number of aliphatic hydroxyl groups is 1. The zero-order chi connectivity index (χ0) is 21.5. The van der Waals surface area contributed by atoms with E-state index in [9.17, 15) is 21.9 Å². The van der Waals surface area contributed by atoms with Crippen LogP contribution in [0, 0.1) is 0 Å². The van der Waals surface area contributed by atoms with Gasteiger partial charge < -0.3 is 15.3 Å². The SMILES string of the molecule is NS(=O)(=O)c1c(S(=O)(=O)N[C@@H]2CCNC2)ccc(N2CC[C@H](O)C2)c1-c1nnn[nH]1. The number of nitrogens with one attached hydrogen (secondary N) is 3. The van der Waals surface area contributed by atoms with Gasteiger partial charge in [-0.3, -0.25) is 0 Å². The smallest absolute Gasteiger partial charge is 0.242 e. The maximum absolute atomic E-state index is 13.1. The number of aliphatic hydroxyl groups excluding tert-OH is 1. The van der Waals surface area contributed by atoms with Crippen molar-refractivity contribution >= 4 is 25.7 Å². The summed E-state index contributed by atoms with van der Waals surface area (Å²) in [7, 11) is -8.73. The quantitative estimate of drug-likeness (QED) is 0.314. The fourth-order valence-electron chi connectivity index (χ4n) is 3.80. The second-order valence-corrected chi connectivity index (χ2v) is 10.5. The molecule has 30 heavy (non-hydrogen) atoms. The highest BCUT2D eigenvalue weighted by molar-refractivity contribution is 7.92. The molecule has 2 saturated heterocycles. The Kier molecular flexibility index (Phi) is 5.50. The Bertz CT molecular complexity index is 1130. The number of β-amino-alcohol motifs (C(OH)–C–C–N with tert-alkyl or cyclic N) is 1. The Morgan fingerprint density at radius 2 is 2.03 bits per heavy atom. The lowest BCUT2D eigenvalue weighted by atomic mass is 10.1. The van der Waals surface area contributed by atoms with Crippen LogP contribution in [0.1, 0.15) is 12.8 Å². The highest BCUT2D eigenvalue weighted by Crippen LogP contribution is 2.39. The molecule has 15 heteroatoms. The van der Waals surface area contributed by atoms with Crippen LogP contribution in [0.3, 0.4) is 0 Å². The predicted octanol–water partition coefficient (Wildman–Crippen LogP) is -2.27. The second kappa shape index (κ2) is 7.82. The molecule has 4 rings (SSSR count). The minimum absolute atomic E-state index is 0.0463. The molecule has 1 aromatic heterocycles. The standard InChI is InChI=1S/C15H22N8O5S2/c16-29(25,26)14-12(30(27,28)20-9-3-5-17-7-9)2-1-11(23-6-4-10(24)8-23)13(14)15-18-21-22-19-15/h1-2,9-10,17,20,24H,3-8H2,(H2,16,25,26)(H,18,19,21,22)/t9-,10+/m1/s1. The summed E-state index contributed by atoms with van der Waals surface area (Å²) in [6, 6.07) is 2.32. The zero-order valence-corrected chi connectivity index (χ0v) is 17.4. The number of sulfonamides is 2. The molecule has 0 amide bonds. The Morgan fingerprint density at radius 1 is 1.23 bits per heavy atom. The molecule has 0 bridgehead atoms. The molecule has 3 heterocycles. The number of aromatic nitrogens is 4. The normalized spacial score (nSPS) is 22.7. The van der Waals surface area contributed by atoms with E-state index in [2.05, 4.69) is 30.7 Å². The first-order chi connectivity index (χ1) is 14.2. The number of nitrogens with zero attached hydrogens (tertiary/aromatic N) is 4. The Morgan fingerprint density at radius 3 is 2.60 bits per heavy atom. The Labute approximate surface area is 173 Å². The summed E-state index contributed by atoms with van der Waals surface area (Å²) in [5.41, 5.74) is 0.305. The van der Waals surface area contributed by atoms with Crippen molar-refractivity contribution in [3.05, 3.63) is 12.1 Å². The van der Waals surface area contributed by atoms with E-state index >= 15 is 0 Å². The first-order valence-electron chi connectivity index (χ1n) is 9.27. The average Bonchev–Trinajstić information content (AvgIpc) is 3.42. The number of hydrogen-bond donors (Lipinski definition) is 5. The number of aromatic amines is 1. The van der Waals surface area contributed by atoms with Crippen LogP contribution in [0.15, 0.2) is 21.9 Å². The van der Waals surface area contributed by atoms with Crippen LogP contribution in [0.4, 0.5) is 5.69 Å². The first kappa shape index (κ1) is 21.1. The molecular weight excluding hydrogens is 436 g/mol. The maximum atomic E-state index is 13.1. The van der Waals surface area contributed by atoms with Crippen molar-refractivity contribution in [3.63, 3.8) is 0 Å². The van der Waals surface area contributed by atoms with Crippen molar-refractivity contribution < 1.29 is 21.9 Å². The highest BCUT2D eigenvalue weighted by atomic mass is 32.2. The molecule has 0 saturated carbocycles. The number of rotatable bonds is 6. The lowest BCUT2D eigenvalue weighted by Gasteiger charge is -2.24. The lowest BCUT2D eigenvalue weighted by molar-refractivity contribution is 0.198. The third-order valence-electron chi connectivity index (χ3n) is 5.14. The molecule has 0 aliphatic carbocycles. The molecule has 0 spiro atoms. The second-order valence-electron chi connectivity index (χ2n) is 7.28. The highest BCUT2D eigenvalue weighted by Gasteiger charge is 2.35. The van der Waals surface area contributed by atoms with Crippen LogP contribution in [-0.2, 0) is 20.0 Å². The molecule has 0 radical (unpaired) electrons. The van der Waals surface area contributed by atoms with E-state index in [1.54, 1.807) is 4.90 Å². The molecule has 2 fully saturated rings. The van der Waals surface area contributed by atoms with Crippen molar-refractivity contribution in [2.75, 3.05) is 31.1 Å². The summed E-state index contributed by atoms with van der Waals surface area (Å²) >= 11 is 0. The van der Waals surface area contributed by atoms with E-state index in [0.717, 1.165) is 0 Å². The molecule has 6 N–H and O–H groups in total. The maximum Gasteiger partial charge on any atom is 0.242 e. The van der Waals surface area contributed by atoms with Crippen LogP contribution in [0.2, 0.25) is 0 Å². The van der Waals surface area contributed by atoms with Crippen LogP contribution in [0.5, 0.6) is 0 Å². The van der Waals surface area contributed by atoms with E-state index in [1.165, 1.54) is 12.1 Å². The van der Waals surface area contributed by atoms with Gasteiger partial charge in [-0.2, -0.15) is 0 Å². The van der Waals surface area contributed by atoms with Gasteiger partial charge in [-0.05, 0) is 41.9 Å². The van der Waals surface area contributed by atoms with Crippen molar-refractivity contribution in [3.8, 4) is 11.4 Å². The topological polar surface area (TPSA) is 196 Å². The van der Waals surface area contributed by atoms with Crippen LogP contribution < -0.4 is 20.1 Å². The van der Waals surface area contributed by atoms with Crippen LogP contribution in [-0.4, -0.2) is 80.9 Å². The van der Waals surface area contributed by atoms with E-state index in [4.69, 9.17) is 5.14 Å². The van der Waals surface area contributed by atoms with E-state index < -0.39 is 35.9 Å². The number of primary sulfonamides is 1. The van der Waals surface area contributed by atoms with Gasteiger partial charge in [0.25, 0.3) is 0 Å². The third-order valence-corrected chi connectivity index (χ3v) is 7.83. The number of nitrogens with two attached hydrogens (primary N) is 1. The van der Waals surface area contributed by atoms with Gasteiger partial charge in [-0.1, -0.05) is 0 Å². The predicted molar refractivity (Wildman–Crippen MR) is 105 cm³/mol. The lowest BCUT2D eigenvalue weighted by Crippen LogP contribution is -2.37. The average molecular weight is 459 g/mol. The van der Waals surface area contributed by atoms with Gasteiger partial charge in [-0.15, -0.1) is 5.10 Å². The summed E-state index contributed by atoms with van der Waals surface area (Å²) < 4.78 is 53.9. The minimum Gasteiger partial charge on any atom is -0.391 e. The van der Waals surface area contributed by atoms with Crippen LogP contribution >= 0.6 is 0 Å². The third kappa shape index (κ3) is 4.03. The fraction of sp³-hybridized carbons (Fsp3) is 0.533. The van der Waals surface area contributed by atoms with Gasteiger partial charge in [-0.25, -0.2) is 31.8 Å². The number of H-pyrrole nitrogens is 1.